The molecular formula is C12H7F3O2S. The van der Waals surface area contributed by atoms with Crippen LogP contribution in [0.5, 0.6) is 0 Å². The first kappa shape index (κ1) is 12.8. The van der Waals surface area contributed by atoms with Gasteiger partial charge in [0.25, 0.3) is 0 Å². The van der Waals surface area contributed by atoms with E-state index in [2.05, 4.69) is 4.18 Å². The molecule has 0 unspecified atom stereocenters. The molecule has 0 spiro atoms. The van der Waals surface area contributed by atoms with Crippen LogP contribution in [0.4, 0.5) is 13.2 Å². The molecule has 0 N–H and O–H groups in total. The van der Waals surface area contributed by atoms with E-state index in [1.807, 2.05) is 24.3 Å². The lowest BCUT2D eigenvalue weighted by Crippen LogP contribution is -2.23. The fourth-order valence-corrected chi connectivity index (χ4v) is 1.92. The maximum Gasteiger partial charge on any atom is 0.492 e. The minimum Gasteiger partial charge on any atom is -0.379 e. The summed E-state index contributed by atoms with van der Waals surface area (Å²) in [6.45, 7) is 0. The number of carbonyl (C=O) groups excluding carboxylic acids is 1. The van der Waals surface area contributed by atoms with Gasteiger partial charge in [0.05, 0.1) is 12.0 Å². The molecule has 0 radical (unpaired) electrons. The first-order chi connectivity index (χ1) is 8.47. The summed E-state index contributed by atoms with van der Waals surface area (Å²) >= 11 is 0.401. The van der Waals surface area contributed by atoms with Crippen LogP contribution in [-0.4, -0.2) is 12.1 Å². The van der Waals surface area contributed by atoms with Crippen molar-refractivity contribution in [2.75, 3.05) is 0 Å². The van der Waals surface area contributed by atoms with Gasteiger partial charge in [-0.05, 0) is 22.9 Å². The molecule has 0 aliphatic heterocycles. The zero-order valence-electron chi connectivity index (χ0n) is 8.90. The predicted octanol–water partition coefficient (Wildman–Crippen LogP) is 3.95. The summed E-state index contributed by atoms with van der Waals surface area (Å²) in [4.78, 5) is 11.0. The minimum atomic E-state index is -4.97. The predicted molar refractivity (Wildman–Crippen MR) is 62.0 cm³/mol. The van der Waals surface area contributed by atoms with Crippen molar-refractivity contribution in [1.82, 2.24) is 0 Å². The molecular weight excluding hydrogens is 265 g/mol. The lowest BCUT2D eigenvalue weighted by molar-refractivity contribution is -0.188. The Labute approximate surface area is 105 Å². The fourth-order valence-electron chi connectivity index (χ4n) is 1.35. The Morgan fingerprint density at radius 3 is 2.39 bits per heavy atom. The second kappa shape index (κ2) is 4.89. The third-order valence-corrected chi connectivity index (χ3v) is 2.85. The van der Waals surface area contributed by atoms with Crippen LogP contribution in [-0.2, 0) is 8.98 Å². The van der Waals surface area contributed by atoms with Gasteiger partial charge in [-0.3, -0.25) is 0 Å². The molecule has 0 aliphatic rings. The highest BCUT2D eigenvalue weighted by Gasteiger charge is 2.41. The van der Waals surface area contributed by atoms with Gasteiger partial charge in [-0.25, -0.2) is 4.79 Å². The summed E-state index contributed by atoms with van der Waals surface area (Å²) < 4.78 is 39.8. The van der Waals surface area contributed by atoms with E-state index in [0.717, 1.165) is 10.8 Å². The molecule has 0 saturated carbocycles. The summed E-state index contributed by atoms with van der Waals surface area (Å²) in [5.41, 5.74) is 0. The van der Waals surface area contributed by atoms with Crippen LogP contribution in [0.3, 0.4) is 0 Å². The van der Waals surface area contributed by atoms with Crippen LogP contribution in [0.25, 0.3) is 10.8 Å². The number of halogens is 3. The zero-order valence-corrected chi connectivity index (χ0v) is 9.72. The van der Waals surface area contributed by atoms with Gasteiger partial charge in [0.2, 0.25) is 0 Å². The molecule has 2 nitrogen and oxygen atoms in total. The minimum absolute atomic E-state index is 0.401. The van der Waals surface area contributed by atoms with E-state index in [1.54, 1.807) is 18.2 Å². The summed E-state index contributed by atoms with van der Waals surface area (Å²) in [6, 6.07) is 12.4. The Morgan fingerprint density at radius 2 is 1.72 bits per heavy atom. The molecule has 2 aromatic rings. The molecule has 0 aliphatic carbocycles. The van der Waals surface area contributed by atoms with Crippen molar-refractivity contribution in [3.05, 3.63) is 42.5 Å². The number of alkyl halides is 3. The molecule has 18 heavy (non-hydrogen) atoms. The van der Waals surface area contributed by atoms with Crippen molar-refractivity contribution in [1.29, 1.82) is 0 Å². The van der Waals surface area contributed by atoms with Crippen LogP contribution in [0.2, 0.25) is 0 Å². The van der Waals surface area contributed by atoms with E-state index in [1.165, 1.54) is 0 Å². The second-order valence-electron chi connectivity index (χ2n) is 3.46. The highest BCUT2D eigenvalue weighted by Crippen LogP contribution is 2.27. The van der Waals surface area contributed by atoms with Gasteiger partial charge in [-0.1, -0.05) is 30.3 Å². The van der Waals surface area contributed by atoms with Crippen LogP contribution >= 0.6 is 12.0 Å². The van der Waals surface area contributed by atoms with Crippen molar-refractivity contribution < 1.29 is 22.1 Å². The summed E-state index contributed by atoms with van der Waals surface area (Å²) in [5, 5.41) is 1.83. The van der Waals surface area contributed by atoms with Crippen molar-refractivity contribution in [3.8, 4) is 0 Å². The SMILES string of the molecule is O=C(OSc1ccc2ccccc2c1)C(F)(F)F. The maximum atomic E-state index is 11.9. The number of hydrogen-bond acceptors (Lipinski definition) is 3. The quantitative estimate of drug-likeness (QED) is 0.774. The number of rotatable bonds is 2. The van der Waals surface area contributed by atoms with E-state index >= 15 is 0 Å². The topological polar surface area (TPSA) is 26.3 Å². The third-order valence-electron chi connectivity index (χ3n) is 2.17. The summed E-state index contributed by atoms with van der Waals surface area (Å²) in [6.07, 6.45) is -4.97. The number of fused-ring (bicyclic) bond motifs is 1. The second-order valence-corrected chi connectivity index (χ2v) is 4.27. The molecule has 0 bridgehead atoms. The Bertz CT molecular complexity index is 581. The molecule has 0 saturated heterocycles. The van der Waals surface area contributed by atoms with Gasteiger partial charge < -0.3 is 4.18 Å². The molecule has 0 aromatic heterocycles. The average Bonchev–Trinajstić information content (AvgIpc) is 2.34. The average molecular weight is 272 g/mol. The van der Waals surface area contributed by atoms with Gasteiger partial charge in [-0.2, -0.15) is 13.2 Å². The van der Waals surface area contributed by atoms with Crippen LogP contribution in [0.1, 0.15) is 0 Å². The molecule has 0 heterocycles. The van der Waals surface area contributed by atoms with Crippen LogP contribution < -0.4 is 0 Å². The number of hydrogen-bond donors (Lipinski definition) is 0. The highest BCUT2D eigenvalue weighted by molar-refractivity contribution is 7.95. The van der Waals surface area contributed by atoms with E-state index in [4.69, 9.17) is 0 Å². The van der Waals surface area contributed by atoms with E-state index in [-0.39, 0.29) is 0 Å². The zero-order chi connectivity index (χ0) is 13.2. The van der Waals surface area contributed by atoms with E-state index in [0.29, 0.717) is 16.9 Å². The van der Waals surface area contributed by atoms with E-state index in [9.17, 15) is 18.0 Å². The highest BCUT2D eigenvalue weighted by atomic mass is 32.2. The monoisotopic (exact) mass is 272 g/mol. The van der Waals surface area contributed by atoms with Gasteiger partial charge in [0, 0.05) is 4.90 Å². The molecule has 2 rings (SSSR count). The molecule has 94 valence electrons. The van der Waals surface area contributed by atoms with Crippen molar-refractivity contribution in [2.24, 2.45) is 0 Å². The molecule has 2 aromatic carbocycles. The lowest BCUT2D eigenvalue weighted by Gasteiger charge is -2.06. The van der Waals surface area contributed by atoms with Gasteiger partial charge in [-0.15, -0.1) is 0 Å². The first-order valence-electron chi connectivity index (χ1n) is 4.91. The summed E-state index contributed by atoms with van der Waals surface area (Å²) in [7, 11) is 0. The Balaban J connectivity index is 2.11. The Hall–Kier alpha value is -1.69. The van der Waals surface area contributed by atoms with Crippen LogP contribution in [0, 0.1) is 0 Å². The molecule has 0 fully saturated rings. The lowest BCUT2D eigenvalue weighted by atomic mass is 10.1. The first-order valence-corrected chi connectivity index (χ1v) is 5.65. The largest absolute Gasteiger partial charge is 0.492 e. The molecule has 6 heteroatoms. The van der Waals surface area contributed by atoms with Crippen molar-refractivity contribution in [3.63, 3.8) is 0 Å². The molecule has 0 atom stereocenters. The number of carbonyl (C=O) groups is 1. The van der Waals surface area contributed by atoms with Crippen LogP contribution in [0.15, 0.2) is 47.4 Å². The standard InChI is InChI=1S/C12H7F3O2S/c13-12(14,15)11(16)17-18-10-6-5-8-3-1-2-4-9(8)7-10/h1-7H. The molecule has 0 amide bonds. The maximum absolute atomic E-state index is 11.9. The van der Waals surface area contributed by atoms with Gasteiger partial charge in [0.1, 0.15) is 0 Å². The summed E-state index contributed by atoms with van der Waals surface area (Å²) in [5.74, 6) is -2.21. The normalized spacial score (nSPS) is 11.5. The Morgan fingerprint density at radius 1 is 1.06 bits per heavy atom. The van der Waals surface area contributed by atoms with Crippen molar-refractivity contribution in [2.45, 2.75) is 11.1 Å². The fraction of sp³-hybridized carbons (Fsp3) is 0.0833. The van der Waals surface area contributed by atoms with Gasteiger partial charge >= 0.3 is 12.1 Å². The third kappa shape index (κ3) is 2.95. The van der Waals surface area contributed by atoms with Crippen molar-refractivity contribution >= 4 is 28.8 Å². The smallest absolute Gasteiger partial charge is 0.379 e. The number of benzene rings is 2. The van der Waals surface area contributed by atoms with E-state index < -0.39 is 12.1 Å². The van der Waals surface area contributed by atoms with Gasteiger partial charge in [0.15, 0.2) is 0 Å². The Kier molecular flexibility index (Phi) is 3.47.